The molecular weight excluding hydrogens is 230 g/mol. The molecule has 0 amide bonds. The quantitative estimate of drug-likeness (QED) is 0.646. The summed E-state index contributed by atoms with van der Waals surface area (Å²) in [6.07, 6.45) is 2.56. The van der Waals surface area contributed by atoms with Crippen molar-refractivity contribution < 1.29 is 17.9 Å². The molecule has 1 rings (SSSR count). The van der Waals surface area contributed by atoms with Crippen LogP contribution in [0.1, 0.15) is 25.7 Å². The summed E-state index contributed by atoms with van der Waals surface area (Å²) in [6, 6.07) is 0. The van der Waals surface area contributed by atoms with E-state index in [1.54, 1.807) is 0 Å². The van der Waals surface area contributed by atoms with Gasteiger partial charge < -0.3 is 10.5 Å². The molecule has 1 fully saturated rings. The van der Waals surface area contributed by atoms with Crippen molar-refractivity contribution in [3.05, 3.63) is 0 Å². The second-order valence-corrected chi connectivity index (χ2v) is 6.64. The van der Waals surface area contributed by atoms with Crippen LogP contribution in [0, 0.1) is 5.41 Å². The fourth-order valence-corrected chi connectivity index (χ4v) is 3.82. The molecule has 2 N–H and O–H groups in total. The number of carbonyl (C=O) groups excluding carboxylic acids is 1. The Morgan fingerprint density at radius 3 is 2.50 bits per heavy atom. The molecule has 6 heteroatoms. The van der Waals surface area contributed by atoms with Crippen LogP contribution < -0.4 is 5.73 Å². The number of hydrogen-bond acceptors (Lipinski definition) is 5. The van der Waals surface area contributed by atoms with E-state index in [2.05, 4.69) is 4.74 Å². The highest BCUT2D eigenvalue weighted by atomic mass is 32.2. The third-order valence-corrected chi connectivity index (χ3v) is 4.88. The van der Waals surface area contributed by atoms with Gasteiger partial charge >= 0.3 is 5.97 Å². The molecule has 16 heavy (non-hydrogen) atoms. The minimum Gasteiger partial charge on any atom is -0.469 e. The molecule has 1 aliphatic carbocycles. The van der Waals surface area contributed by atoms with Gasteiger partial charge in [-0.1, -0.05) is 0 Å². The summed E-state index contributed by atoms with van der Waals surface area (Å²) in [4.78, 5) is 10.9. The van der Waals surface area contributed by atoms with Gasteiger partial charge in [-0.15, -0.1) is 0 Å². The SMILES string of the molecule is COC(=O)CCS(=O)(=O)CC1(CCN)CC1. The highest BCUT2D eigenvalue weighted by Crippen LogP contribution is 2.49. The fourth-order valence-electron chi connectivity index (χ4n) is 1.83. The summed E-state index contributed by atoms with van der Waals surface area (Å²) in [5.74, 6) is -0.438. The van der Waals surface area contributed by atoms with Gasteiger partial charge in [-0.3, -0.25) is 4.79 Å². The van der Waals surface area contributed by atoms with Gasteiger partial charge in [-0.05, 0) is 31.2 Å². The van der Waals surface area contributed by atoms with Gasteiger partial charge in [0.15, 0.2) is 9.84 Å². The summed E-state index contributed by atoms with van der Waals surface area (Å²) < 4.78 is 27.9. The van der Waals surface area contributed by atoms with E-state index >= 15 is 0 Å². The maximum Gasteiger partial charge on any atom is 0.306 e. The first-order chi connectivity index (χ1) is 7.43. The molecular formula is C10H19NO4S. The lowest BCUT2D eigenvalue weighted by atomic mass is 10.1. The second-order valence-electron chi connectivity index (χ2n) is 4.46. The van der Waals surface area contributed by atoms with Gasteiger partial charge in [0.1, 0.15) is 0 Å². The van der Waals surface area contributed by atoms with Crippen molar-refractivity contribution in [3.63, 3.8) is 0 Å². The molecule has 0 radical (unpaired) electrons. The van der Waals surface area contributed by atoms with Crippen LogP contribution in [0.3, 0.4) is 0 Å². The monoisotopic (exact) mass is 249 g/mol. The van der Waals surface area contributed by atoms with Crippen molar-refractivity contribution in [1.29, 1.82) is 0 Å². The van der Waals surface area contributed by atoms with Crippen molar-refractivity contribution >= 4 is 15.8 Å². The molecule has 0 aromatic rings. The van der Waals surface area contributed by atoms with Crippen LogP contribution >= 0.6 is 0 Å². The molecule has 0 spiro atoms. The Labute approximate surface area is 96.3 Å². The third-order valence-electron chi connectivity index (χ3n) is 3.00. The van der Waals surface area contributed by atoms with Gasteiger partial charge in [-0.25, -0.2) is 8.42 Å². The van der Waals surface area contributed by atoms with E-state index in [1.165, 1.54) is 7.11 Å². The Bertz CT molecular complexity index is 346. The zero-order valence-corrected chi connectivity index (χ0v) is 10.4. The molecule has 0 aromatic carbocycles. The van der Waals surface area contributed by atoms with Crippen molar-refractivity contribution in [2.24, 2.45) is 11.1 Å². The number of methoxy groups -OCH3 is 1. The first kappa shape index (κ1) is 13.4. The number of nitrogens with two attached hydrogens (primary N) is 1. The molecule has 0 atom stereocenters. The largest absolute Gasteiger partial charge is 0.469 e. The standard InChI is InChI=1S/C10H19NO4S/c1-15-9(12)2-7-16(13,14)8-10(3-4-10)5-6-11/h2-8,11H2,1H3. The van der Waals surface area contributed by atoms with Crippen LogP contribution in [0.2, 0.25) is 0 Å². The molecule has 0 aliphatic heterocycles. The fraction of sp³-hybridized carbons (Fsp3) is 0.900. The topological polar surface area (TPSA) is 86.5 Å². The number of ether oxygens (including phenoxy) is 1. The minimum atomic E-state index is -3.16. The van der Waals surface area contributed by atoms with Crippen molar-refractivity contribution in [2.45, 2.75) is 25.7 Å². The first-order valence-electron chi connectivity index (χ1n) is 5.40. The summed E-state index contributed by atoms with van der Waals surface area (Å²) >= 11 is 0. The molecule has 1 aliphatic rings. The van der Waals surface area contributed by atoms with E-state index in [1.807, 2.05) is 0 Å². The predicted octanol–water partition coefficient (Wildman–Crippen LogP) is 0.0933. The summed E-state index contributed by atoms with van der Waals surface area (Å²) in [5.41, 5.74) is 5.35. The van der Waals surface area contributed by atoms with Crippen molar-refractivity contribution in [2.75, 3.05) is 25.2 Å². The maximum absolute atomic E-state index is 11.7. The van der Waals surface area contributed by atoms with Gasteiger partial charge in [0, 0.05) is 0 Å². The third kappa shape index (κ3) is 4.09. The number of sulfone groups is 1. The smallest absolute Gasteiger partial charge is 0.306 e. The predicted molar refractivity (Wildman–Crippen MR) is 60.6 cm³/mol. The lowest BCUT2D eigenvalue weighted by Crippen LogP contribution is -2.23. The Morgan fingerprint density at radius 2 is 2.06 bits per heavy atom. The number of hydrogen-bond donors (Lipinski definition) is 1. The van der Waals surface area contributed by atoms with Crippen molar-refractivity contribution in [1.82, 2.24) is 0 Å². The molecule has 0 aromatic heterocycles. The molecule has 1 saturated carbocycles. The summed E-state index contributed by atoms with van der Waals surface area (Å²) in [6.45, 7) is 0.520. The maximum atomic E-state index is 11.7. The van der Waals surface area contributed by atoms with Crippen LogP contribution in [0.25, 0.3) is 0 Å². The van der Waals surface area contributed by atoms with E-state index in [-0.39, 0.29) is 23.3 Å². The summed E-state index contributed by atoms with van der Waals surface area (Å²) in [5, 5.41) is 0. The van der Waals surface area contributed by atoms with E-state index in [0.29, 0.717) is 6.54 Å². The van der Waals surface area contributed by atoms with E-state index in [4.69, 9.17) is 5.73 Å². The van der Waals surface area contributed by atoms with Crippen LogP contribution in [0.4, 0.5) is 0 Å². The molecule has 0 unspecified atom stereocenters. The Balaban J connectivity index is 2.43. The number of carbonyl (C=O) groups is 1. The minimum absolute atomic E-state index is 0.0580. The molecule has 0 heterocycles. The van der Waals surface area contributed by atoms with E-state index in [0.717, 1.165) is 19.3 Å². The number of esters is 1. The van der Waals surface area contributed by atoms with Gasteiger partial charge in [0.2, 0.25) is 0 Å². The summed E-state index contributed by atoms with van der Waals surface area (Å²) in [7, 11) is -1.90. The Kier molecular flexibility index (Phi) is 4.32. The molecule has 5 nitrogen and oxygen atoms in total. The second kappa shape index (κ2) is 5.14. The van der Waals surface area contributed by atoms with Crippen LogP contribution in [-0.4, -0.2) is 39.5 Å². The zero-order chi connectivity index (χ0) is 12.2. The van der Waals surface area contributed by atoms with Crippen LogP contribution in [0.15, 0.2) is 0 Å². The number of rotatable bonds is 7. The van der Waals surface area contributed by atoms with Gasteiger partial charge in [0.25, 0.3) is 0 Å². The molecule has 94 valence electrons. The average Bonchev–Trinajstić information content (AvgIpc) is 2.94. The van der Waals surface area contributed by atoms with E-state index in [9.17, 15) is 13.2 Å². The Morgan fingerprint density at radius 1 is 1.44 bits per heavy atom. The Hall–Kier alpha value is -0.620. The zero-order valence-electron chi connectivity index (χ0n) is 9.57. The molecule has 0 bridgehead atoms. The van der Waals surface area contributed by atoms with Gasteiger partial charge in [0.05, 0.1) is 25.0 Å². The first-order valence-corrected chi connectivity index (χ1v) is 7.22. The van der Waals surface area contributed by atoms with Gasteiger partial charge in [-0.2, -0.15) is 0 Å². The van der Waals surface area contributed by atoms with Crippen molar-refractivity contribution in [3.8, 4) is 0 Å². The lowest BCUT2D eigenvalue weighted by molar-refractivity contribution is -0.140. The molecule has 0 saturated heterocycles. The van der Waals surface area contributed by atoms with Crippen LogP contribution in [-0.2, 0) is 19.4 Å². The normalized spacial score (nSPS) is 18.1. The highest BCUT2D eigenvalue weighted by molar-refractivity contribution is 7.91. The average molecular weight is 249 g/mol. The van der Waals surface area contributed by atoms with E-state index < -0.39 is 15.8 Å². The lowest BCUT2D eigenvalue weighted by Gasteiger charge is -2.13. The van der Waals surface area contributed by atoms with Crippen LogP contribution in [0.5, 0.6) is 0 Å². The highest BCUT2D eigenvalue weighted by Gasteiger charge is 2.45.